The number of rotatable bonds is 4. The number of nitrogens with one attached hydrogen (secondary N) is 1. The molecule has 0 aliphatic carbocycles. The van der Waals surface area contributed by atoms with E-state index in [-0.39, 0.29) is 11.1 Å². The second-order valence-corrected chi connectivity index (χ2v) is 5.00. The number of carbonyl (C=O) groups is 1. The molecule has 2 aromatic rings. The number of esters is 1. The first-order valence-corrected chi connectivity index (χ1v) is 6.93. The molecule has 0 fully saturated rings. The Bertz CT molecular complexity index is 712. The fraction of sp³-hybridized carbons (Fsp3) is 0.0625. The summed E-state index contributed by atoms with van der Waals surface area (Å²) in [7, 11) is 0. The highest BCUT2D eigenvalue weighted by Crippen LogP contribution is 2.14. The second kappa shape index (κ2) is 7.33. The van der Waals surface area contributed by atoms with Gasteiger partial charge in [-0.05, 0) is 61.1 Å². The molecule has 0 heterocycles. The Hall–Kier alpha value is -2.73. The number of nitrogens with zero attached hydrogens (tertiary/aromatic N) is 1. The third-order valence-corrected chi connectivity index (χ3v) is 2.82. The maximum absolute atomic E-state index is 12.0. The fourth-order valence-corrected chi connectivity index (χ4v) is 1.78. The van der Waals surface area contributed by atoms with Crippen LogP contribution in [0.15, 0.2) is 53.6 Å². The van der Waals surface area contributed by atoms with Crippen LogP contribution in [0.1, 0.15) is 21.5 Å². The number of nitrogens with two attached hydrogens (primary N) is 1. The van der Waals surface area contributed by atoms with Crippen molar-refractivity contribution in [3.05, 3.63) is 65.2 Å². The van der Waals surface area contributed by atoms with Crippen LogP contribution < -0.4 is 15.9 Å². The molecule has 2 rings (SSSR count). The highest BCUT2D eigenvalue weighted by atomic mass is 32.1. The molecule has 0 aromatic heterocycles. The van der Waals surface area contributed by atoms with Crippen molar-refractivity contribution in [1.82, 2.24) is 5.43 Å². The van der Waals surface area contributed by atoms with Crippen molar-refractivity contribution in [1.29, 1.82) is 0 Å². The second-order valence-electron chi connectivity index (χ2n) is 4.56. The molecule has 22 heavy (non-hydrogen) atoms. The number of thiocarbonyl (C=S) groups is 1. The Morgan fingerprint density at radius 1 is 1.27 bits per heavy atom. The van der Waals surface area contributed by atoms with Crippen LogP contribution in [0.4, 0.5) is 0 Å². The molecule has 112 valence electrons. The van der Waals surface area contributed by atoms with Crippen molar-refractivity contribution >= 4 is 29.5 Å². The first-order valence-electron chi connectivity index (χ1n) is 6.52. The normalized spacial score (nSPS) is 10.4. The zero-order valence-electron chi connectivity index (χ0n) is 11.9. The fourth-order valence-electron chi connectivity index (χ4n) is 1.73. The van der Waals surface area contributed by atoms with E-state index < -0.39 is 0 Å². The van der Waals surface area contributed by atoms with Crippen LogP contribution in [0, 0.1) is 6.92 Å². The molecule has 0 aliphatic rings. The van der Waals surface area contributed by atoms with Gasteiger partial charge in [-0.3, -0.25) is 5.43 Å². The van der Waals surface area contributed by atoms with Crippen molar-refractivity contribution in [3.8, 4) is 5.75 Å². The van der Waals surface area contributed by atoms with E-state index in [2.05, 4.69) is 22.7 Å². The maximum Gasteiger partial charge on any atom is 0.343 e. The van der Waals surface area contributed by atoms with E-state index >= 15 is 0 Å². The molecule has 6 heteroatoms. The molecular formula is C16H15N3O2S. The minimum atomic E-state index is -0.389. The molecule has 5 nitrogen and oxygen atoms in total. The van der Waals surface area contributed by atoms with Gasteiger partial charge in [0.2, 0.25) is 0 Å². The van der Waals surface area contributed by atoms with Crippen molar-refractivity contribution in [3.63, 3.8) is 0 Å². The largest absolute Gasteiger partial charge is 0.423 e. The van der Waals surface area contributed by atoms with Gasteiger partial charge in [-0.25, -0.2) is 4.79 Å². The lowest BCUT2D eigenvalue weighted by Crippen LogP contribution is -2.23. The van der Waals surface area contributed by atoms with Gasteiger partial charge in [0.05, 0.1) is 11.8 Å². The number of benzene rings is 2. The van der Waals surface area contributed by atoms with Gasteiger partial charge in [0, 0.05) is 0 Å². The first kappa shape index (κ1) is 15.7. The van der Waals surface area contributed by atoms with E-state index in [1.165, 1.54) is 0 Å². The average molecular weight is 313 g/mol. The number of ether oxygens (including phenoxy) is 1. The lowest BCUT2D eigenvalue weighted by atomic mass is 10.1. The van der Waals surface area contributed by atoms with Crippen molar-refractivity contribution in [2.24, 2.45) is 10.8 Å². The van der Waals surface area contributed by atoms with Crippen molar-refractivity contribution < 1.29 is 9.53 Å². The third-order valence-electron chi connectivity index (χ3n) is 2.73. The van der Waals surface area contributed by atoms with Gasteiger partial charge in [-0.2, -0.15) is 5.10 Å². The van der Waals surface area contributed by atoms with Crippen LogP contribution in [0.25, 0.3) is 0 Å². The van der Waals surface area contributed by atoms with Gasteiger partial charge in [-0.15, -0.1) is 0 Å². The van der Waals surface area contributed by atoms with E-state index in [9.17, 15) is 4.79 Å². The van der Waals surface area contributed by atoms with Crippen molar-refractivity contribution in [2.75, 3.05) is 0 Å². The van der Waals surface area contributed by atoms with E-state index in [4.69, 9.17) is 10.5 Å². The van der Waals surface area contributed by atoms with Crippen LogP contribution in [-0.4, -0.2) is 17.3 Å². The molecule has 0 aliphatic heterocycles. The standard InChI is InChI=1S/C16H15N3O2S/c1-11-3-2-4-13(9-11)15(20)21-14-7-5-12(6-8-14)10-18-19-16(17)22/h2-10H,1H3,(H3,17,19,22). The Morgan fingerprint density at radius 2 is 2.00 bits per heavy atom. The zero-order valence-corrected chi connectivity index (χ0v) is 12.8. The number of hydrogen-bond acceptors (Lipinski definition) is 4. The number of aryl methyl sites for hydroxylation is 1. The summed E-state index contributed by atoms with van der Waals surface area (Å²) in [6.07, 6.45) is 1.56. The summed E-state index contributed by atoms with van der Waals surface area (Å²) >= 11 is 4.63. The van der Waals surface area contributed by atoms with Gasteiger partial charge in [0.1, 0.15) is 5.75 Å². The summed E-state index contributed by atoms with van der Waals surface area (Å²) in [6.45, 7) is 1.92. The summed E-state index contributed by atoms with van der Waals surface area (Å²) < 4.78 is 5.31. The molecule has 0 bridgehead atoms. The number of hydrazone groups is 1. The Balaban J connectivity index is 2.00. The lowest BCUT2D eigenvalue weighted by molar-refractivity contribution is 0.0734. The molecule has 0 spiro atoms. The summed E-state index contributed by atoms with van der Waals surface area (Å²) in [5, 5.41) is 3.94. The number of hydrogen-bond donors (Lipinski definition) is 2. The zero-order chi connectivity index (χ0) is 15.9. The molecule has 3 N–H and O–H groups in total. The van der Waals surface area contributed by atoms with Gasteiger partial charge in [0.15, 0.2) is 5.11 Å². The van der Waals surface area contributed by atoms with Gasteiger partial charge < -0.3 is 10.5 Å². The summed E-state index contributed by atoms with van der Waals surface area (Å²) in [5.74, 6) is 0.0752. The Labute approximate surface area is 133 Å². The van der Waals surface area contributed by atoms with E-state index in [0.717, 1.165) is 11.1 Å². The highest BCUT2D eigenvalue weighted by Gasteiger charge is 2.08. The molecule has 0 radical (unpaired) electrons. The number of carbonyl (C=O) groups excluding carboxylic acids is 1. The van der Waals surface area contributed by atoms with E-state index in [1.54, 1.807) is 42.6 Å². The molecule has 0 saturated carbocycles. The highest BCUT2D eigenvalue weighted by molar-refractivity contribution is 7.80. The van der Waals surface area contributed by atoms with E-state index in [1.807, 2.05) is 19.1 Å². The SMILES string of the molecule is Cc1cccc(C(=O)Oc2ccc(C=NNC(N)=S)cc2)c1. The van der Waals surface area contributed by atoms with Crippen LogP contribution in [0.2, 0.25) is 0 Å². The smallest absolute Gasteiger partial charge is 0.343 e. The van der Waals surface area contributed by atoms with Crippen LogP contribution in [-0.2, 0) is 0 Å². The minimum Gasteiger partial charge on any atom is -0.423 e. The lowest BCUT2D eigenvalue weighted by Gasteiger charge is -2.05. The quantitative estimate of drug-likeness (QED) is 0.298. The molecule has 2 aromatic carbocycles. The Kier molecular flexibility index (Phi) is 5.21. The molecular weight excluding hydrogens is 298 g/mol. The summed E-state index contributed by atoms with van der Waals surface area (Å²) in [4.78, 5) is 12.0. The predicted octanol–water partition coefficient (Wildman–Crippen LogP) is 2.38. The molecule has 0 unspecified atom stereocenters. The average Bonchev–Trinajstić information content (AvgIpc) is 2.48. The molecule has 0 atom stereocenters. The topological polar surface area (TPSA) is 76.7 Å². The maximum atomic E-state index is 12.0. The molecule has 0 amide bonds. The van der Waals surface area contributed by atoms with Gasteiger partial charge in [0.25, 0.3) is 0 Å². The van der Waals surface area contributed by atoms with Crippen LogP contribution in [0.3, 0.4) is 0 Å². The summed E-state index contributed by atoms with van der Waals surface area (Å²) in [5.41, 5.74) is 10.1. The van der Waals surface area contributed by atoms with Gasteiger partial charge in [-0.1, -0.05) is 17.7 Å². The van der Waals surface area contributed by atoms with E-state index in [0.29, 0.717) is 11.3 Å². The van der Waals surface area contributed by atoms with Crippen LogP contribution >= 0.6 is 12.2 Å². The molecule has 0 saturated heterocycles. The monoisotopic (exact) mass is 313 g/mol. The minimum absolute atomic E-state index is 0.0972. The Morgan fingerprint density at radius 3 is 2.64 bits per heavy atom. The first-order chi connectivity index (χ1) is 10.5. The van der Waals surface area contributed by atoms with Crippen LogP contribution in [0.5, 0.6) is 5.75 Å². The predicted molar refractivity (Wildman–Crippen MR) is 90.1 cm³/mol. The third kappa shape index (κ3) is 4.68. The van der Waals surface area contributed by atoms with Gasteiger partial charge >= 0.3 is 5.97 Å². The van der Waals surface area contributed by atoms with Crippen molar-refractivity contribution in [2.45, 2.75) is 6.92 Å². The summed E-state index contributed by atoms with van der Waals surface area (Å²) in [6, 6.07) is 14.2.